The molecule has 0 spiro atoms. The molecule has 0 saturated carbocycles. The van der Waals surface area contributed by atoms with Crippen molar-refractivity contribution in [2.75, 3.05) is 26.4 Å². The number of aliphatic hydroxyl groups excluding tert-OH is 1. The van der Waals surface area contributed by atoms with Crippen LogP contribution in [-0.2, 0) is 9.47 Å². The van der Waals surface area contributed by atoms with Gasteiger partial charge in [0.15, 0.2) is 0 Å². The molecule has 0 saturated heterocycles. The molecule has 41 heavy (non-hydrogen) atoms. The summed E-state index contributed by atoms with van der Waals surface area (Å²) >= 11 is 0. The first-order valence-corrected chi connectivity index (χ1v) is 18.5. The molecule has 0 fully saturated rings. The van der Waals surface area contributed by atoms with Gasteiger partial charge in [-0.05, 0) is 48.3 Å². The molecule has 0 aliphatic carbocycles. The normalized spacial score (nSPS) is 16.5. The minimum atomic E-state index is -0.181. The highest BCUT2D eigenvalue weighted by Crippen LogP contribution is 2.22. The van der Waals surface area contributed by atoms with Crippen LogP contribution in [0.15, 0.2) is 0 Å². The summed E-state index contributed by atoms with van der Waals surface area (Å²) in [5, 5.41) is 9.72. The molecule has 0 amide bonds. The van der Waals surface area contributed by atoms with Gasteiger partial charge >= 0.3 is 0 Å². The number of hydrogen-bond donors (Lipinski definition) is 1. The van der Waals surface area contributed by atoms with Gasteiger partial charge in [-0.1, -0.05) is 165 Å². The molecular weight excluding hydrogens is 504 g/mol. The quantitative estimate of drug-likeness (QED) is 0.0826. The molecule has 0 rings (SSSR count). The minimum Gasteiger partial charge on any atom is -0.394 e. The third-order valence-electron chi connectivity index (χ3n) is 9.58. The van der Waals surface area contributed by atoms with Crippen LogP contribution < -0.4 is 0 Å². The topological polar surface area (TPSA) is 38.7 Å². The van der Waals surface area contributed by atoms with Crippen molar-refractivity contribution in [2.24, 2.45) is 35.5 Å². The van der Waals surface area contributed by atoms with E-state index in [1.807, 2.05) is 0 Å². The van der Waals surface area contributed by atoms with Crippen molar-refractivity contribution in [3.8, 4) is 0 Å². The fourth-order valence-electron chi connectivity index (χ4n) is 5.89. The summed E-state index contributed by atoms with van der Waals surface area (Å²) in [6.07, 6.45) is 25.4. The monoisotopic (exact) mass is 583 g/mol. The molecule has 0 aromatic carbocycles. The zero-order valence-electron chi connectivity index (χ0n) is 29.6. The first-order valence-electron chi connectivity index (χ1n) is 18.5. The van der Waals surface area contributed by atoms with Gasteiger partial charge in [0.25, 0.3) is 0 Å². The fourth-order valence-corrected chi connectivity index (χ4v) is 5.89. The van der Waals surface area contributed by atoms with E-state index in [0.29, 0.717) is 18.4 Å². The van der Waals surface area contributed by atoms with Gasteiger partial charge in [-0.2, -0.15) is 0 Å². The number of aliphatic hydroxyl groups is 1. The van der Waals surface area contributed by atoms with Gasteiger partial charge in [0.2, 0.25) is 0 Å². The third kappa shape index (κ3) is 28.4. The Labute approximate surface area is 259 Å². The predicted molar refractivity (Wildman–Crippen MR) is 182 cm³/mol. The summed E-state index contributed by atoms with van der Waals surface area (Å²) in [6, 6.07) is 0. The molecule has 0 heterocycles. The Bertz CT molecular complexity index is 522. The predicted octanol–water partition coefficient (Wildman–Crippen LogP) is 11.6. The van der Waals surface area contributed by atoms with Crippen molar-refractivity contribution in [1.29, 1.82) is 0 Å². The van der Waals surface area contributed by atoms with Crippen molar-refractivity contribution >= 4 is 0 Å². The van der Waals surface area contributed by atoms with E-state index < -0.39 is 0 Å². The van der Waals surface area contributed by atoms with Crippen LogP contribution >= 0.6 is 0 Å². The highest BCUT2D eigenvalue weighted by molar-refractivity contribution is 4.62. The molecule has 0 bridgehead atoms. The van der Waals surface area contributed by atoms with E-state index in [1.165, 1.54) is 109 Å². The maximum Gasteiger partial charge on any atom is 0.104 e. The van der Waals surface area contributed by atoms with Crippen LogP contribution in [0, 0.1) is 35.5 Å². The smallest absolute Gasteiger partial charge is 0.104 e. The van der Waals surface area contributed by atoms with Crippen molar-refractivity contribution < 1.29 is 14.6 Å². The van der Waals surface area contributed by atoms with Crippen LogP contribution in [-0.4, -0.2) is 37.6 Å². The molecule has 0 aliphatic rings. The zero-order valence-corrected chi connectivity index (χ0v) is 29.6. The maximum atomic E-state index is 9.72. The van der Waals surface area contributed by atoms with Gasteiger partial charge in [-0.25, -0.2) is 0 Å². The Morgan fingerprint density at radius 3 is 1.37 bits per heavy atom. The standard InChI is InChI=1S/C38H78O3/c1-9-33(4)20-15-21-35(6)23-17-24-36(7)26-28-40-31-38(30-39)41-29-27-37(8)25-16-22-34(5)19-14-12-10-11-13-18-32(2)3/h32-39H,9-31H2,1-8H3/t33-,34+,35+,36-,37+,38+/m0/s1. The largest absolute Gasteiger partial charge is 0.394 e. The summed E-state index contributed by atoms with van der Waals surface area (Å²) < 4.78 is 11.9. The average molecular weight is 583 g/mol. The zero-order chi connectivity index (χ0) is 30.7. The lowest BCUT2D eigenvalue weighted by molar-refractivity contribution is -0.0471. The van der Waals surface area contributed by atoms with E-state index >= 15 is 0 Å². The van der Waals surface area contributed by atoms with Crippen molar-refractivity contribution in [3.63, 3.8) is 0 Å². The highest BCUT2D eigenvalue weighted by Gasteiger charge is 2.12. The van der Waals surface area contributed by atoms with E-state index in [0.717, 1.165) is 49.7 Å². The molecular formula is C38H78O3. The SMILES string of the molecule is CC[C@H](C)CCC[C@@H](C)CCC[C@H](C)CCOC[C@@H](CO)OCC[C@H](C)CCC[C@H](C)CCCCCCCC(C)C. The molecule has 3 nitrogen and oxygen atoms in total. The van der Waals surface area contributed by atoms with Crippen LogP contribution in [0.1, 0.15) is 177 Å². The maximum absolute atomic E-state index is 9.72. The molecule has 0 unspecified atom stereocenters. The van der Waals surface area contributed by atoms with Crippen LogP contribution in [0.3, 0.4) is 0 Å². The van der Waals surface area contributed by atoms with Gasteiger partial charge in [-0.15, -0.1) is 0 Å². The molecule has 0 aromatic rings. The van der Waals surface area contributed by atoms with Crippen LogP contribution in [0.2, 0.25) is 0 Å². The second-order valence-electron chi connectivity index (χ2n) is 14.8. The Kier molecular flexibility index (Phi) is 28.6. The van der Waals surface area contributed by atoms with Gasteiger partial charge in [0.05, 0.1) is 13.2 Å². The summed E-state index contributed by atoms with van der Waals surface area (Å²) in [7, 11) is 0. The molecule has 0 radical (unpaired) electrons. The first-order chi connectivity index (χ1) is 19.7. The van der Waals surface area contributed by atoms with Gasteiger partial charge in [0.1, 0.15) is 6.10 Å². The van der Waals surface area contributed by atoms with E-state index in [-0.39, 0.29) is 12.7 Å². The molecule has 248 valence electrons. The molecule has 0 aliphatic heterocycles. The van der Waals surface area contributed by atoms with Crippen LogP contribution in [0.4, 0.5) is 0 Å². The number of rotatable bonds is 31. The summed E-state index contributed by atoms with van der Waals surface area (Å²) in [6.45, 7) is 21.0. The second kappa shape index (κ2) is 28.6. The number of unbranched alkanes of at least 4 members (excludes halogenated alkanes) is 4. The Morgan fingerprint density at radius 2 is 0.878 bits per heavy atom. The van der Waals surface area contributed by atoms with Gasteiger partial charge in [0, 0.05) is 13.2 Å². The molecule has 6 atom stereocenters. The average Bonchev–Trinajstić information content (AvgIpc) is 2.93. The number of ether oxygens (including phenoxy) is 2. The summed E-state index contributed by atoms with van der Waals surface area (Å²) in [5.74, 6) is 4.87. The van der Waals surface area contributed by atoms with Crippen molar-refractivity contribution in [3.05, 3.63) is 0 Å². The lowest BCUT2D eigenvalue weighted by atomic mass is 9.92. The van der Waals surface area contributed by atoms with E-state index in [2.05, 4.69) is 55.4 Å². The lowest BCUT2D eigenvalue weighted by Gasteiger charge is -2.19. The van der Waals surface area contributed by atoms with Crippen LogP contribution in [0.25, 0.3) is 0 Å². The van der Waals surface area contributed by atoms with Crippen molar-refractivity contribution in [1.82, 2.24) is 0 Å². The van der Waals surface area contributed by atoms with Crippen molar-refractivity contribution in [2.45, 2.75) is 183 Å². The molecule has 1 N–H and O–H groups in total. The van der Waals surface area contributed by atoms with E-state index in [1.54, 1.807) is 0 Å². The second-order valence-corrected chi connectivity index (χ2v) is 14.8. The minimum absolute atomic E-state index is 0.0497. The lowest BCUT2D eigenvalue weighted by Crippen LogP contribution is -2.25. The molecule has 3 heteroatoms. The summed E-state index contributed by atoms with van der Waals surface area (Å²) in [5.41, 5.74) is 0. The first kappa shape index (κ1) is 40.9. The van der Waals surface area contributed by atoms with E-state index in [4.69, 9.17) is 9.47 Å². The van der Waals surface area contributed by atoms with E-state index in [9.17, 15) is 5.11 Å². The fraction of sp³-hybridized carbons (Fsp3) is 1.00. The van der Waals surface area contributed by atoms with Gasteiger partial charge < -0.3 is 14.6 Å². The third-order valence-corrected chi connectivity index (χ3v) is 9.58. The number of hydrogen-bond acceptors (Lipinski definition) is 3. The Morgan fingerprint density at radius 1 is 0.463 bits per heavy atom. The molecule has 0 aromatic heterocycles. The van der Waals surface area contributed by atoms with Crippen LogP contribution in [0.5, 0.6) is 0 Å². The Balaban J connectivity index is 3.70. The highest BCUT2D eigenvalue weighted by atomic mass is 16.5. The summed E-state index contributed by atoms with van der Waals surface area (Å²) in [4.78, 5) is 0. The van der Waals surface area contributed by atoms with Gasteiger partial charge in [-0.3, -0.25) is 0 Å². The Hall–Kier alpha value is -0.120.